The zero-order chi connectivity index (χ0) is 20.4. The van der Waals surface area contributed by atoms with Crippen LogP contribution in [-0.4, -0.2) is 13.7 Å². The van der Waals surface area contributed by atoms with Crippen LogP contribution in [0.2, 0.25) is 0 Å². The molecule has 2 heterocycles. The number of hydrogen-bond donors (Lipinski definition) is 0. The molecule has 1 saturated heterocycles. The molecule has 0 unspecified atom stereocenters. The molecular weight excluding hydrogens is 352 g/mol. The minimum atomic E-state index is -0.261. The standard InChI is InChI=1S/C24H28O4/c1-14(9-19-8-7-15(2)16(3)11-19)10-20-12-21(27-13-20)23-17(4)22(25)18(5)24(26-6)28-23/h7-11,21H,12-13H2,1-6H3/b14-9+,20-10-/t21-/m1/s1. The van der Waals surface area contributed by atoms with Crippen molar-refractivity contribution >= 4 is 6.08 Å². The van der Waals surface area contributed by atoms with E-state index in [1.54, 1.807) is 13.8 Å². The normalized spacial score (nSPS) is 18.7. The number of rotatable bonds is 4. The van der Waals surface area contributed by atoms with Crippen LogP contribution in [-0.2, 0) is 4.74 Å². The van der Waals surface area contributed by atoms with Gasteiger partial charge < -0.3 is 13.9 Å². The number of hydrogen-bond acceptors (Lipinski definition) is 4. The molecule has 4 nitrogen and oxygen atoms in total. The van der Waals surface area contributed by atoms with Gasteiger partial charge in [-0.3, -0.25) is 4.79 Å². The first-order valence-corrected chi connectivity index (χ1v) is 9.55. The molecule has 1 aromatic carbocycles. The number of methoxy groups -OCH3 is 1. The number of allylic oxidation sites excluding steroid dienone is 2. The van der Waals surface area contributed by atoms with E-state index in [1.807, 2.05) is 0 Å². The van der Waals surface area contributed by atoms with Crippen LogP contribution in [0.5, 0.6) is 5.95 Å². The molecule has 2 aromatic rings. The van der Waals surface area contributed by atoms with E-state index in [0.29, 0.717) is 29.9 Å². The van der Waals surface area contributed by atoms with E-state index in [0.717, 1.165) is 0 Å². The average Bonchev–Trinajstić information content (AvgIpc) is 3.11. The fourth-order valence-corrected chi connectivity index (χ4v) is 3.55. The molecular formula is C24H28O4. The minimum absolute atomic E-state index is 0.0510. The minimum Gasteiger partial charge on any atom is -0.468 e. The van der Waals surface area contributed by atoms with E-state index in [9.17, 15) is 4.79 Å². The molecule has 0 radical (unpaired) electrons. The van der Waals surface area contributed by atoms with Crippen molar-refractivity contribution < 1.29 is 13.9 Å². The van der Waals surface area contributed by atoms with Crippen molar-refractivity contribution in [3.8, 4) is 5.95 Å². The van der Waals surface area contributed by atoms with Crippen LogP contribution in [0.25, 0.3) is 6.08 Å². The summed E-state index contributed by atoms with van der Waals surface area (Å²) in [6.07, 6.45) is 4.78. The summed E-state index contributed by atoms with van der Waals surface area (Å²) in [4.78, 5) is 12.4. The molecule has 1 fully saturated rings. The van der Waals surface area contributed by atoms with Crippen molar-refractivity contribution in [2.75, 3.05) is 13.7 Å². The van der Waals surface area contributed by atoms with Gasteiger partial charge in [0.15, 0.2) is 5.43 Å². The summed E-state index contributed by atoms with van der Waals surface area (Å²) in [7, 11) is 1.51. The van der Waals surface area contributed by atoms with E-state index in [4.69, 9.17) is 13.9 Å². The lowest BCUT2D eigenvalue weighted by atomic mass is 10.0. The Hall–Kier alpha value is -2.59. The lowest BCUT2D eigenvalue weighted by molar-refractivity contribution is 0.0880. The molecule has 0 aliphatic carbocycles. The van der Waals surface area contributed by atoms with Crippen LogP contribution in [0.15, 0.2) is 44.6 Å². The van der Waals surface area contributed by atoms with Gasteiger partial charge in [-0.15, -0.1) is 0 Å². The summed E-state index contributed by atoms with van der Waals surface area (Å²) in [6, 6.07) is 6.47. The zero-order valence-electron chi connectivity index (χ0n) is 17.5. The van der Waals surface area contributed by atoms with Crippen molar-refractivity contribution in [1.29, 1.82) is 0 Å². The third kappa shape index (κ3) is 4.12. The second-order valence-electron chi connectivity index (χ2n) is 7.58. The van der Waals surface area contributed by atoms with E-state index in [-0.39, 0.29) is 17.5 Å². The van der Waals surface area contributed by atoms with Crippen molar-refractivity contribution in [3.63, 3.8) is 0 Å². The monoisotopic (exact) mass is 380 g/mol. The van der Waals surface area contributed by atoms with Crippen LogP contribution >= 0.6 is 0 Å². The molecule has 3 rings (SSSR count). The number of benzene rings is 1. The van der Waals surface area contributed by atoms with E-state index < -0.39 is 0 Å². The molecule has 0 bridgehead atoms. The van der Waals surface area contributed by atoms with Crippen LogP contribution in [0, 0.1) is 27.7 Å². The fourth-order valence-electron chi connectivity index (χ4n) is 3.55. The van der Waals surface area contributed by atoms with E-state index in [1.165, 1.54) is 34.9 Å². The largest absolute Gasteiger partial charge is 0.468 e. The molecule has 148 valence electrons. The Balaban J connectivity index is 1.81. The Morgan fingerprint density at radius 3 is 2.57 bits per heavy atom. The quantitative estimate of drug-likeness (QED) is 0.715. The van der Waals surface area contributed by atoms with Gasteiger partial charge in [0, 0.05) is 12.0 Å². The molecule has 0 amide bonds. The Labute approximate surface area is 166 Å². The molecule has 1 aromatic heterocycles. The predicted octanol–water partition coefficient (Wildman–Crippen LogP) is 5.37. The summed E-state index contributed by atoms with van der Waals surface area (Å²) in [5, 5.41) is 0. The van der Waals surface area contributed by atoms with Gasteiger partial charge in [0.2, 0.25) is 0 Å². The molecule has 1 atom stereocenters. The van der Waals surface area contributed by atoms with Gasteiger partial charge in [0.05, 0.1) is 19.3 Å². The number of ether oxygens (including phenoxy) is 2. The van der Waals surface area contributed by atoms with Gasteiger partial charge in [-0.1, -0.05) is 35.9 Å². The Bertz CT molecular complexity index is 1010. The highest BCUT2D eigenvalue weighted by atomic mass is 16.6. The highest BCUT2D eigenvalue weighted by Crippen LogP contribution is 2.35. The predicted molar refractivity (Wildman–Crippen MR) is 112 cm³/mol. The molecule has 0 spiro atoms. The van der Waals surface area contributed by atoms with Crippen LogP contribution in [0.3, 0.4) is 0 Å². The molecule has 28 heavy (non-hydrogen) atoms. The summed E-state index contributed by atoms with van der Waals surface area (Å²) < 4.78 is 17.0. The number of aryl methyl sites for hydroxylation is 2. The summed E-state index contributed by atoms with van der Waals surface area (Å²) in [5.41, 5.74) is 7.16. The Kier molecular flexibility index (Phi) is 5.90. The lowest BCUT2D eigenvalue weighted by Crippen LogP contribution is -2.15. The van der Waals surface area contributed by atoms with Crippen LogP contribution < -0.4 is 10.2 Å². The van der Waals surface area contributed by atoms with Crippen LogP contribution in [0.4, 0.5) is 0 Å². The summed E-state index contributed by atoms with van der Waals surface area (Å²) in [5.74, 6) is 0.823. The van der Waals surface area contributed by atoms with Gasteiger partial charge in [-0.2, -0.15) is 0 Å². The fraction of sp³-hybridized carbons (Fsp3) is 0.375. The molecule has 0 N–H and O–H groups in total. The first kappa shape index (κ1) is 20.2. The smallest absolute Gasteiger partial charge is 0.291 e. The highest BCUT2D eigenvalue weighted by molar-refractivity contribution is 5.57. The Morgan fingerprint density at radius 1 is 1.14 bits per heavy atom. The van der Waals surface area contributed by atoms with Crippen molar-refractivity contribution in [2.45, 2.75) is 47.1 Å². The third-order valence-electron chi connectivity index (χ3n) is 5.31. The van der Waals surface area contributed by atoms with Gasteiger partial charge in [0.25, 0.3) is 5.95 Å². The van der Waals surface area contributed by atoms with Crippen molar-refractivity contribution in [1.82, 2.24) is 0 Å². The first-order valence-electron chi connectivity index (χ1n) is 9.55. The maximum absolute atomic E-state index is 12.4. The van der Waals surface area contributed by atoms with Crippen LogP contribution in [0.1, 0.15) is 53.0 Å². The van der Waals surface area contributed by atoms with E-state index in [2.05, 4.69) is 51.1 Å². The maximum Gasteiger partial charge on any atom is 0.291 e. The zero-order valence-corrected chi connectivity index (χ0v) is 17.5. The van der Waals surface area contributed by atoms with Gasteiger partial charge in [-0.05, 0) is 56.9 Å². The molecule has 4 heteroatoms. The highest BCUT2D eigenvalue weighted by Gasteiger charge is 2.28. The second-order valence-corrected chi connectivity index (χ2v) is 7.58. The molecule has 1 aliphatic heterocycles. The topological polar surface area (TPSA) is 48.7 Å². The van der Waals surface area contributed by atoms with Crippen molar-refractivity contribution in [2.24, 2.45) is 0 Å². The second kappa shape index (κ2) is 8.19. The van der Waals surface area contributed by atoms with Gasteiger partial charge in [0.1, 0.15) is 11.9 Å². The summed E-state index contributed by atoms with van der Waals surface area (Å²) in [6.45, 7) is 10.4. The lowest BCUT2D eigenvalue weighted by Gasteiger charge is -2.13. The van der Waals surface area contributed by atoms with Gasteiger partial charge >= 0.3 is 0 Å². The molecule has 1 aliphatic rings. The first-order chi connectivity index (χ1) is 13.3. The van der Waals surface area contributed by atoms with Crippen molar-refractivity contribution in [3.05, 3.63) is 79.2 Å². The third-order valence-corrected chi connectivity index (χ3v) is 5.31. The SMILES string of the molecule is COc1oc([C@H]2C/C(=C/C(C)=C/c3ccc(C)c(C)c3)CO2)c(C)c(=O)c1C. The molecule has 0 saturated carbocycles. The van der Waals surface area contributed by atoms with Gasteiger partial charge in [-0.25, -0.2) is 0 Å². The average molecular weight is 380 g/mol. The Morgan fingerprint density at radius 2 is 1.89 bits per heavy atom. The summed E-state index contributed by atoms with van der Waals surface area (Å²) >= 11 is 0. The maximum atomic E-state index is 12.4. The van der Waals surface area contributed by atoms with E-state index >= 15 is 0 Å².